The Bertz CT molecular complexity index is 65.5. The van der Waals surface area contributed by atoms with Crippen molar-refractivity contribution in [1.29, 1.82) is 0 Å². The molecule has 2 N–H and O–H groups in total. The van der Waals surface area contributed by atoms with E-state index in [0.29, 0.717) is 6.04 Å². The Morgan fingerprint density at radius 1 is 1.18 bits per heavy atom. The van der Waals surface area contributed by atoms with E-state index in [2.05, 4.69) is 18.7 Å². The standard InChI is InChI=1S/C7H18N2.2ClH/c1-4-9(5-2)6-7(3)8;;/h7H,4-6,8H2,1-3H3;2*1H/t7-;;/m1../s1. The Balaban J connectivity index is -0.000000320. The summed E-state index contributed by atoms with van der Waals surface area (Å²) in [6.07, 6.45) is 0. The van der Waals surface area contributed by atoms with E-state index in [-0.39, 0.29) is 24.8 Å². The molecule has 0 unspecified atom stereocenters. The van der Waals surface area contributed by atoms with Gasteiger partial charge in [0.25, 0.3) is 0 Å². The smallest absolute Gasteiger partial charge is 0.0139 e. The molecule has 0 aromatic rings. The van der Waals surface area contributed by atoms with E-state index in [1.807, 2.05) is 6.92 Å². The molecule has 0 radical (unpaired) electrons. The summed E-state index contributed by atoms with van der Waals surface area (Å²) in [5, 5.41) is 0. The zero-order valence-corrected chi connectivity index (χ0v) is 9.17. The highest BCUT2D eigenvalue weighted by Crippen LogP contribution is 1.87. The predicted octanol–water partition coefficient (Wildman–Crippen LogP) is 1.52. The van der Waals surface area contributed by atoms with Gasteiger partial charge in [-0.3, -0.25) is 0 Å². The highest BCUT2D eigenvalue weighted by Gasteiger charge is 2.00. The van der Waals surface area contributed by atoms with Gasteiger partial charge in [-0.25, -0.2) is 0 Å². The first-order chi connectivity index (χ1) is 4.20. The number of rotatable bonds is 4. The number of nitrogens with zero attached hydrogens (tertiary/aromatic N) is 1. The molecule has 72 valence electrons. The van der Waals surface area contributed by atoms with E-state index >= 15 is 0 Å². The maximum atomic E-state index is 5.60. The summed E-state index contributed by atoms with van der Waals surface area (Å²) in [5.41, 5.74) is 5.60. The van der Waals surface area contributed by atoms with Crippen molar-refractivity contribution < 1.29 is 0 Å². The number of hydrogen-bond donors (Lipinski definition) is 1. The largest absolute Gasteiger partial charge is 0.327 e. The van der Waals surface area contributed by atoms with Crippen LogP contribution in [0.4, 0.5) is 0 Å². The van der Waals surface area contributed by atoms with Crippen LogP contribution in [0.3, 0.4) is 0 Å². The molecule has 2 nitrogen and oxygen atoms in total. The molecule has 0 saturated heterocycles. The quantitative estimate of drug-likeness (QED) is 0.750. The van der Waals surface area contributed by atoms with Crippen LogP contribution in [0.25, 0.3) is 0 Å². The Morgan fingerprint density at radius 3 is 1.64 bits per heavy atom. The minimum atomic E-state index is 0. The van der Waals surface area contributed by atoms with E-state index in [1.165, 1.54) is 0 Å². The van der Waals surface area contributed by atoms with Gasteiger partial charge in [-0.2, -0.15) is 0 Å². The molecular formula is C7H20Cl2N2. The maximum absolute atomic E-state index is 5.60. The third-order valence-electron chi connectivity index (χ3n) is 1.44. The second-order valence-corrected chi connectivity index (χ2v) is 2.46. The van der Waals surface area contributed by atoms with E-state index in [0.717, 1.165) is 19.6 Å². The van der Waals surface area contributed by atoms with Crippen LogP contribution in [0.5, 0.6) is 0 Å². The Morgan fingerprint density at radius 2 is 1.55 bits per heavy atom. The molecule has 0 heterocycles. The van der Waals surface area contributed by atoms with Crippen molar-refractivity contribution >= 4 is 24.8 Å². The lowest BCUT2D eigenvalue weighted by Gasteiger charge is -2.19. The molecule has 0 bridgehead atoms. The molecule has 0 aromatic heterocycles. The van der Waals surface area contributed by atoms with Crippen LogP contribution in [-0.2, 0) is 0 Å². The summed E-state index contributed by atoms with van der Waals surface area (Å²) >= 11 is 0. The van der Waals surface area contributed by atoms with Crippen LogP contribution in [-0.4, -0.2) is 30.6 Å². The topological polar surface area (TPSA) is 29.3 Å². The summed E-state index contributed by atoms with van der Waals surface area (Å²) in [6.45, 7) is 9.60. The highest BCUT2D eigenvalue weighted by atomic mass is 35.5. The number of nitrogens with two attached hydrogens (primary N) is 1. The molecule has 0 fully saturated rings. The second kappa shape index (κ2) is 10.5. The van der Waals surface area contributed by atoms with Crippen LogP contribution in [0, 0.1) is 0 Å². The molecule has 0 aliphatic rings. The number of halogens is 2. The summed E-state index contributed by atoms with van der Waals surface area (Å²) < 4.78 is 0. The zero-order valence-electron chi connectivity index (χ0n) is 7.54. The first-order valence-electron chi connectivity index (χ1n) is 3.68. The van der Waals surface area contributed by atoms with Crippen LogP contribution >= 0.6 is 24.8 Å². The van der Waals surface area contributed by atoms with Gasteiger partial charge in [-0.1, -0.05) is 13.8 Å². The molecule has 0 amide bonds. The van der Waals surface area contributed by atoms with Crippen molar-refractivity contribution in [2.24, 2.45) is 5.73 Å². The summed E-state index contributed by atoms with van der Waals surface area (Å²) in [7, 11) is 0. The van der Waals surface area contributed by atoms with Crippen LogP contribution in [0.2, 0.25) is 0 Å². The maximum Gasteiger partial charge on any atom is 0.0139 e. The van der Waals surface area contributed by atoms with Gasteiger partial charge in [0, 0.05) is 12.6 Å². The fourth-order valence-electron chi connectivity index (χ4n) is 0.889. The molecular weight excluding hydrogens is 183 g/mol. The third-order valence-corrected chi connectivity index (χ3v) is 1.44. The third kappa shape index (κ3) is 10.5. The first-order valence-corrected chi connectivity index (χ1v) is 3.68. The predicted molar refractivity (Wildman–Crippen MR) is 55.9 cm³/mol. The Kier molecular flexibility index (Phi) is 16.8. The van der Waals surface area contributed by atoms with Crippen LogP contribution < -0.4 is 5.73 Å². The van der Waals surface area contributed by atoms with Gasteiger partial charge in [0.15, 0.2) is 0 Å². The molecule has 0 aliphatic heterocycles. The SMILES string of the molecule is CCN(CC)C[C@@H](C)N.Cl.Cl. The average Bonchev–Trinajstić information content (AvgIpc) is 1.82. The minimum absolute atomic E-state index is 0. The van der Waals surface area contributed by atoms with Crippen molar-refractivity contribution in [3.8, 4) is 0 Å². The molecule has 0 rings (SSSR count). The Hall–Kier alpha value is 0.500. The molecule has 0 aromatic carbocycles. The van der Waals surface area contributed by atoms with Gasteiger partial charge in [0.05, 0.1) is 0 Å². The van der Waals surface area contributed by atoms with Gasteiger partial charge in [-0.05, 0) is 20.0 Å². The van der Waals surface area contributed by atoms with Gasteiger partial charge < -0.3 is 10.6 Å². The van der Waals surface area contributed by atoms with Gasteiger partial charge >= 0.3 is 0 Å². The summed E-state index contributed by atoms with van der Waals surface area (Å²) in [5.74, 6) is 0. The lowest BCUT2D eigenvalue weighted by Crippen LogP contribution is -2.35. The average molecular weight is 203 g/mol. The van der Waals surface area contributed by atoms with Crippen molar-refractivity contribution in [3.05, 3.63) is 0 Å². The van der Waals surface area contributed by atoms with Crippen LogP contribution in [0.1, 0.15) is 20.8 Å². The van der Waals surface area contributed by atoms with E-state index < -0.39 is 0 Å². The fourth-order valence-corrected chi connectivity index (χ4v) is 0.889. The van der Waals surface area contributed by atoms with Crippen molar-refractivity contribution in [2.45, 2.75) is 26.8 Å². The summed E-state index contributed by atoms with van der Waals surface area (Å²) in [6, 6.07) is 0.310. The summed E-state index contributed by atoms with van der Waals surface area (Å²) in [4.78, 5) is 2.32. The molecule has 0 aliphatic carbocycles. The van der Waals surface area contributed by atoms with Gasteiger partial charge in [0.2, 0.25) is 0 Å². The van der Waals surface area contributed by atoms with Crippen LogP contribution in [0.15, 0.2) is 0 Å². The van der Waals surface area contributed by atoms with E-state index in [1.54, 1.807) is 0 Å². The molecule has 11 heavy (non-hydrogen) atoms. The molecule has 1 atom stereocenters. The Labute approximate surface area is 82.3 Å². The lowest BCUT2D eigenvalue weighted by molar-refractivity contribution is 0.289. The highest BCUT2D eigenvalue weighted by molar-refractivity contribution is 5.85. The first kappa shape index (κ1) is 17.5. The normalized spacial score (nSPS) is 11.7. The lowest BCUT2D eigenvalue weighted by atomic mass is 10.3. The molecule has 0 saturated carbocycles. The van der Waals surface area contributed by atoms with Gasteiger partial charge in [0.1, 0.15) is 0 Å². The molecule has 4 heteroatoms. The monoisotopic (exact) mass is 202 g/mol. The number of hydrogen-bond acceptors (Lipinski definition) is 2. The molecule has 0 spiro atoms. The van der Waals surface area contributed by atoms with E-state index in [4.69, 9.17) is 5.73 Å². The fraction of sp³-hybridized carbons (Fsp3) is 1.00. The zero-order chi connectivity index (χ0) is 7.28. The van der Waals surface area contributed by atoms with Gasteiger partial charge in [-0.15, -0.1) is 24.8 Å². The van der Waals surface area contributed by atoms with Crippen molar-refractivity contribution in [2.75, 3.05) is 19.6 Å². The second-order valence-electron chi connectivity index (χ2n) is 2.46. The van der Waals surface area contributed by atoms with Crippen molar-refractivity contribution in [1.82, 2.24) is 4.90 Å². The van der Waals surface area contributed by atoms with Crippen molar-refractivity contribution in [3.63, 3.8) is 0 Å². The number of likely N-dealkylation sites (N-methyl/N-ethyl adjacent to an activating group) is 1. The van der Waals surface area contributed by atoms with E-state index in [9.17, 15) is 0 Å². The minimum Gasteiger partial charge on any atom is -0.327 e.